The van der Waals surface area contributed by atoms with Gasteiger partial charge in [-0.2, -0.15) is 5.10 Å². The molecule has 0 amide bonds. The number of hydrogen-bond acceptors (Lipinski definition) is 4. The fraction of sp³-hybridized carbons (Fsp3) is 0.129. The molecule has 0 radical (unpaired) electrons. The first-order valence-electron chi connectivity index (χ1n) is 12.5. The standard InChI is InChI=1S/C31H28N6/c1-4-20(15-24(5-2)34-19(3)21-8-9-21)22-10-11-28-25(16-22)31(37-36-28)29-17-26-27(35-29)12-14-33-30(26)23-7-6-13-32-18-23/h4-7,10-18,21,34-35H,2-3,8-9H2,1H3,(H,36,37)/b20-4+,24-15+. The topological polar surface area (TPSA) is 82.3 Å². The summed E-state index contributed by atoms with van der Waals surface area (Å²) in [6, 6.07) is 14.4. The second-order valence-electron chi connectivity index (χ2n) is 9.35. The van der Waals surface area contributed by atoms with Crippen molar-refractivity contribution in [1.82, 2.24) is 30.5 Å². The molecule has 1 aromatic carbocycles. The first-order chi connectivity index (χ1) is 18.1. The molecule has 0 unspecified atom stereocenters. The molecule has 6 nitrogen and oxygen atoms in total. The maximum Gasteiger partial charge on any atom is 0.116 e. The predicted octanol–water partition coefficient (Wildman–Crippen LogP) is 7.15. The lowest BCUT2D eigenvalue weighted by molar-refractivity contribution is 0.865. The smallest absolute Gasteiger partial charge is 0.116 e. The minimum atomic E-state index is 0.576. The third-order valence-corrected chi connectivity index (χ3v) is 6.85. The summed E-state index contributed by atoms with van der Waals surface area (Å²) in [6.07, 6.45) is 13.9. The molecule has 0 spiro atoms. The number of aromatic nitrogens is 5. The number of pyridine rings is 2. The van der Waals surface area contributed by atoms with Crippen molar-refractivity contribution >= 4 is 27.4 Å². The molecule has 6 heteroatoms. The van der Waals surface area contributed by atoms with Crippen LogP contribution in [0.4, 0.5) is 0 Å². The summed E-state index contributed by atoms with van der Waals surface area (Å²) in [5, 5.41) is 13.4. The Bertz CT molecular complexity index is 1700. The monoisotopic (exact) mass is 484 g/mol. The Labute approximate surface area is 215 Å². The molecule has 4 aromatic heterocycles. The second kappa shape index (κ2) is 9.39. The molecule has 1 aliphatic rings. The third kappa shape index (κ3) is 4.38. The van der Waals surface area contributed by atoms with Crippen molar-refractivity contribution in [2.75, 3.05) is 0 Å². The van der Waals surface area contributed by atoms with Gasteiger partial charge in [-0.05, 0) is 85.4 Å². The molecular formula is C31H28N6. The molecule has 1 fully saturated rings. The van der Waals surface area contributed by atoms with Gasteiger partial charge in [0.2, 0.25) is 0 Å². The van der Waals surface area contributed by atoms with Crippen LogP contribution in [0.3, 0.4) is 0 Å². The van der Waals surface area contributed by atoms with Gasteiger partial charge in [0.1, 0.15) is 5.69 Å². The van der Waals surface area contributed by atoms with E-state index < -0.39 is 0 Å². The summed E-state index contributed by atoms with van der Waals surface area (Å²) in [4.78, 5) is 12.4. The molecule has 4 heterocycles. The van der Waals surface area contributed by atoms with E-state index in [9.17, 15) is 0 Å². The third-order valence-electron chi connectivity index (χ3n) is 6.85. The van der Waals surface area contributed by atoms with Crippen LogP contribution in [0.2, 0.25) is 0 Å². The molecule has 6 rings (SSSR count). The number of fused-ring (bicyclic) bond motifs is 2. The molecule has 0 aliphatic heterocycles. The normalized spacial score (nSPS) is 14.3. The Morgan fingerprint density at radius 1 is 1.05 bits per heavy atom. The molecule has 1 saturated carbocycles. The summed E-state index contributed by atoms with van der Waals surface area (Å²) >= 11 is 0. The molecule has 5 aromatic rings. The van der Waals surface area contributed by atoms with Gasteiger partial charge in [-0.1, -0.05) is 25.3 Å². The van der Waals surface area contributed by atoms with Crippen molar-refractivity contribution in [2.45, 2.75) is 19.8 Å². The molecule has 0 atom stereocenters. The Balaban J connectivity index is 1.39. The fourth-order valence-electron chi connectivity index (χ4n) is 4.68. The highest BCUT2D eigenvalue weighted by molar-refractivity contribution is 6.00. The average Bonchev–Trinajstić information content (AvgIpc) is 3.57. The second-order valence-corrected chi connectivity index (χ2v) is 9.35. The van der Waals surface area contributed by atoms with Crippen LogP contribution in [0.1, 0.15) is 25.3 Å². The van der Waals surface area contributed by atoms with Crippen LogP contribution < -0.4 is 5.32 Å². The average molecular weight is 485 g/mol. The van der Waals surface area contributed by atoms with Gasteiger partial charge in [0, 0.05) is 51.8 Å². The van der Waals surface area contributed by atoms with Gasteiger partial charge in [0.25, 0.3) is 0 Å². The first kappa shape index (κ1) is 22.7. The number of benzene rings is 1. The maximum atomic E-state index is 4.67. The summed E-state index contributed by atoms with van der Waals surface area (Å²) in [5.41, 5.74) is 9.87. The van der Waals surface area contributed by atoms with Crippen molar-refractivity contribution in [3.05, 3.63) is 109 Å². The lowest BCUT2D eigenvalue weighted by Gasteiger charge is -2.11. The van der Waals surface area contributed by atoms with Gasteiger partial charge in [-0.25, -0.2) is 0 Å². The van der Waals surface area contributed by atoms with Gasteiger partial charge < -0.3 is 10.3 Å². The Kier molecular flexibility index (Phi) is 5.77. The van der Waals surface area contributed by atoms with E-state index in [0.717, 1.165) is 67.0 Å². The van der Waals surface area contributed by atoms with Crippen molar-refractivity contribution < 1.29 is 0 Å². The van der Waals surface area contributed by atoms with E-state index >= 15 is 0 Å². The number of nitrogens with one attached hydrogen (secondary N) is 3. The van der Waals surface area contributed by atoms with E-state index in [-0.39, 0.29) is 0 Å². The largest absolute Gasteiger partial charge is 0.359 e. The van der Waals surface area contributed by atoms with Crippen LogP contribution in [0.25, 0.3) is 50.0 Å². The number of rotatable bonds is 8. The van der Waals surface area contributed by atoms with Crippen LogP contribution in [-0.4, -0.2) is 25.1 Å². The zero-order valence-electron chi connectivity index (χ0n) is 20.8. The molecular weight excluding hydrogens is 456 g/mol. The van der Waals surface area contributed by atoms with Gasteiger partial charge in [-0.3, -0.25) is 15.1 Å². The highest BCUT2D eigenvalue weighted by atomic mass is 15.1. The Hall–Kier alpha value is -4.71. The van der Waals surface area contributed by atoms with Gasteiger partial charge in [-0.15, -0.1) is 0 Å². The highest BCUT2D eigenvalue weighted by Crippen LogP contribution is 2.35. The fourth-order valence-corrected chi connectivity index (χ4v) is 4.68. The quantitative estimate of drug-likeness (QED) is 0.204. The summed E-state index contributed by atoms with van der Waals surface area (Å²) in [5.74, 6) is 0.576. The van der Waals surface area contributed by atoms with Gasteiger partial charge in [0.15, 0.2) is 0 Å². The summed E-state index contributed by atoms with van der Waals surface area (Å²) in [7, 11) is 0. The first-order valence-corrected chi connectivity index (χ1v) is 12.5. The lowest BCUT2D eigenvalue weighted by atomic mass is 10.0. The van der Waals surface area contributed by atoms with Gasteiger partial charge in [0.05, 0.1) is 16.9 Å². The highest BCUT2D eigenvalue weighted by Gasteiger charge is 2.24. The van der Waals surface area contributed by atoms with E-state index in [1.54, 1.807) is 6.20 Å². The van der Waals surface area contributed by atoms with Gasteiger partial charge >= 0.3 is 0 Å². The van der Waals surface area contributed by atoms with Crippen molar-refractivity contribution in [2.24, 2.45) is 5.92 Å². The summed E-state index contributed by atoms with van der Waals surface area (Å²) in [6.45, 7) is 10.2. The summed E-state index contributed by atoms with van der Waals surface area (Å²) < 4.78 is 0. The van der Waals surface area contributed by atoms with E-state index in [4.69, 9.17) is 0 Å². The van der Waals surface area contributed by atoms with Crippen LogP contribution in [0, 0.1) is 5.92 Å². The van der Waals surface area contributed by atoms with E-state index in [1.165, 1.54) is 12.8 Å². The minimum absolute atomic E-state index is 0.576. The zero-order valence-corrected chi connectivity index (χ0v) is 20.8. The van der Waals surface area contributed by atoms with E-state index in [0.29, 0.717) is 5.92 Å². The molecule has 182 valence electrons. The predicted molar refractivity (Wildman–Crippen MR) is 151 cm³/mol. The van der Waals surface area contributed by atoms with Crippen LogP contribution in [-0.2, 0) is 0 Å². The van der Waals surface area contributed by atoms with E-state index in [2.05, 4.69) is 80.0 Å². The van der Waals surface area contributed by atoms with Crippen molar-refractivity contribution in [1.29, 1.82) is 0 Å². The zero-order chi connectivity index (χ0) is 25.4. The number of allylic oxidation sites excluding steroid dienone is 5. The minimum Gasteiger partial charge on any atom is -0.359 e. The number of hydrogen-bond donors (Lipinski definition) is 3. The molecule has 0 saturated heterocycles. The lowest BCUT2D eigenvalue weighted by Crippen LogP contribution is -2.11. The number of aromatic amines is 2. The Morgan fingerprint density at radius 3 is 2.68 bits per heavy atom. The molecule has 37 heavy (non-hydrogen) atoms. The Morgan fingerprint density at radius 2 is 1.92 bits per heavy atom. The van der Waals surface area contributed by atoms with Crippen molar-refractivity contribution in [3.8, 4) is 22.6 Å². The van der Waals surface area contributed by atoms with Crippen LogP contribution in [0.5, 0.6) is 0 Å². The van der Waals surface area contributed by atoms with Crippen molar-refractivity contribution in [3.63, 3.8) is 0 Å². The van der Waals surface area contributed by atoms with Crippen LogP contribution in [0.15, 0.2) is 104 Å². The SMILES string of the molecule is C=C/C(=C\C(=C/C)c1ccc2[nH]nc(-c3cc4c(-c5cccnc5)nccc4[nH]3)c2c1)NC(=C)C1CC1. The number of nitrogens with zero attached hydrogens (tertiary/aromatic N) is 3. The molecule has 3 N–H and O–H groups in total. The molecule has 0 bridgehead atoms. The maximum absolute atomic E-state index is 4.67. The molecule has 1 aliphatic carbocycles. The van der Waals surface area contributed by atoms with E-state index in [1.807, 2.05) is 43.6 Å². The van der Waals surface area contributed by atoms with Crippen LogP contribution >= 0.6 is 0 Å². The number of H-pyrrole nitrogens is 2.